The summed E-state index contributed by atoms with van der Waals surface area (Å²) in [6.45, 7) is 4.75. The summed E-state index contributed by atoms with van der Waals surface area (Å²) in [5.74, 6) is 0. The number of piperazine rings is 1. The van der Waals surface area contributed by atoms with Crippen LogP contribution in [0.5, 0.6) is 0 Å². The molecule has 140 valence electrons. The molecule has 2 aromatic carbocycles. The highest BCUT2D eigenvalue weighted by atomic mass is 35.5. The monoisotopic (exact) mass is 394 g/mol. The third-order valence-corrected chi connectivity index (χ3v) is 4.55. The Balaban J connectivity index is 0.00000156. The lowest BCUT2D eigenvalue weighted by Gasteiger charge is -2.36. The Hall–Kier alpha value is -1.01. The van der Waals surface area contributed by atoms with Crippen molar-refractivity contribution in [2.45, 2.75) is 25.6 Å². The van der Waals surface area contributed by atoms with E-state index < -0.39 is 18.6 Å². The Morgan fingerprint density at radius 3 is 2.20 bits per heavy atom. The van der Waals surface area contributed by atoms with Crippen LogP contribution in [0.4, 0.5) is 13.2 Å². The second-order valence-electron chi connectivity index (χ2n) is 6.14. The summed E-state index contributed by atoms with van der Waals surface area (Å²) in [7, 11) is 0. The number of rotatable bonds is 3. The van der Waals surface area contributed by atoms with Crippen molar-refractivity contribution in [1.82, 2.24) is 10.2 Å². The minimum absolute atomic E-state index is 0. The van der Waals surface area contributed by atoms with Gasteiger partial charge in [-0.15, -0.1) is 24.8 Å². The Bertz CT molecular complexity index is 686. The highest BCUT2D eigenvalue weighted by Gasteiger charge is 2.36. The van der Waals surface area contributed by atoms with Crippen LogP contribution in [0.25, 0.3) is 10.8 Å². The van der Waals surface area contributed by atoms with Crippen molar-refractivity contribution in [3.05, 3.63) is 47.5 Å². The highest BCUT2D eigenvalue weighted by Crippen LogP contribution is 2.37. The van der Waals surface area contributed by atoms with Gasteiger partial charge in [-0.25, -0.2) is 0 Å². The second kappa shape index (κ2) is 9.08. The van der Waals surface area contributed by atoms with Crippen LogP contribution in [0.1, 0.15) is 23.6 Å². The largest absolute Gasteiger partial charge is 0.390 e. The first-order chi connectivity index (χ1) is 11.0. The van der Waals surface area contributed by atoms with E-state index in [1.54, 1.807) is 0 Å². The number of aryl methyl sites for hydroxylation is 1. The number of nitrogens with zero attached hydrogens (tertiary/aromatic N) is 1. The minimum Gasteiger partial charge on any atom is -0.314 e. The van der Waals surface area contributed by atoms with Crippen molar-refractivity contribution in [3.8, 4) is 0 Å². The van der Waals surface area contributed by atoms with Gasteiger partial charge in [-0.2, -0.15) is 13.2 Å². The first-order valence-corrected chi connectivity index (χ1v) is 7.95. The molecule has 0 radical (unpaired) electrons. The molecule has 1 heterocycles. The fraction of sp³-hybridized carbons (Fsp3) is 0.444. The Labute approximate surface area is 158 Å². The quantitative estimate of drug-likeness (QED) is 0.796. The lowest BCUT2D eigenvalue weighted by Crippen LogP contribution is -2.46. The van der Waals surface area contributed by atoms with E-state index in [2.05, 4.69) is 5.32 Å². The maximum atomic E-state index is 13.2. The average Bonchev–Trinajstić information content (AvgIpc) is 2.54. The van der Waals surface area contributed by atoms with Gasteiger partial charge in [-0.3, -0.25) is 4.90 Å². The topological polar surface area (TPSA) is 15.3 Å². The molecule has 25 heavy (non-hydrogen) atoms. The van der Waals surface area contributed by atoms with Gasteiger partial charge in [0.15, 0.2) is 0 Å². The van der Waals surface area contributed by atoms with Crippen LogP contribution in [-0.2, 0) is 0 Å². The van der Waals surface area contributed by atoms with E-state index in [1.807, 2.05) is 48.2 Å². The van der Waals surface area contributed by atoms with Crippen molar-refractivity contribution < 1.29 is 13.2 Å². The van der Waals surface area contributed by atoms with Crippen LogP contribution in [0.15, 0.2) is 36.4 Å². The van der Waals surface area contributed by atoms with Gasteiger partial charge in [-0.1, -0.05) is 36.4 Å². The van der Waals surface area contributed by atoms with Gasteiger partial charge in [0.25, 0.3) is 0 Å². The maximum Gasteiger partial charge on any atom is 0.390 e. The molecule has 0 amide bonds. The van der Waals surface area contributed by atoms with E-state index in [-0.39, 0.29) is 24.8 Å². The molecule has 0 spiro atoms. The summed E-state index contributed by atoms with van der Waals surface area (Å²) in [6, 6.07) is 10.9. The minimum atomic E-state index is -4.18. The molecule has 1 N–H and O–H groups in total. The van der Waals surface area contributed by atoms with Crippen molar-refractivity contribution in [3.63, 3.8) is 0 Å². The van der Waals surface area contributed by atoms with Gasteiger partial charge in [0.2, 0.25) is 0 Å². The summed E-state index contributed by atoms with van der Waals surface area (Å²) < 4.78 is 39.6. The Kier molecular flexibility index (Phi) is 8.00. The first kappa shape index (κ1) is 22.0. The Morgan fingerprint density at radius 2 is 1.60 bits per heavy atom. The summed E-state index contributed by atoms with van der Waals surface area (Å²) >= 11 is 0. The van der Waals surface area contributed by atoms with Crippen LogP contribution in [0.3, 0.4) is 0 Å². The summed E-state index contributed by atoms with van der Waals surface area (Å²) in [4.78, 5) is 1.96. The van der Waals surface area contributed by atoms with Crippen molar-refractivity contribution in [2.24, 2.45) is 0 Å². The molecular weight excluding hydrogens is 372 g/mol. The number of benzene rings is 2. The van der Waals surface area contributed by atoms with Gasteiger partial charge >= 0.3 is 6.18 Å². The average molecular weight is 395 g/mol. The number of nitrogens with one attached hydrogen (secondary N) is 1. The molecular formula is C18H23Cl2F3N2. The van der Waals surface area contributed by atoms with Gasteiger partial charge in [0.05, 0.1) is 6.42 Å². The Morgan fingerprint density at radius 1 is 1.00 bits per heavy atom. The van der Waals surface area contributed by atoms with E-state index in [0.717, 1.165) is 35.0 Å². The fourth-order valence-electron chi connectivity index (χ4n) is 3.41. The molecule has 7 heteroatoms. The van der Waals surface area contributed by atoms with Crippen LogP contribution in [0.2, 0.25) is 0 Å². The van der Waals surface area contributed by atoms with Crippen molar-refractivity contribution in [1.29, 1.82) is 0 Å². The SMILES string of the molecule is Cc1ccc([C@H](CC(F)(F)F)N2CCNCC2)c2ccccc12.Cl.Cl. The lowest BCUT2D eigenvalue weighted by molar-refractivity contribution is -0.148. The molecule has 0 bridgehead atoms. The molecule has 0 aliphatic carbocycles. The van der Waals surface area contributed by atoms with Gasteiger partial charge in [-0.05, 0) is 28.8 Å². The lowest BCUT2D eigenvalue weighted by atomic mass is 9.93. The van der Waals surface area contributed by atoms with Crippen LogP contribution in [-0.4, -0.2) is 37.3 Å². The fourth-order valence-corrected chi connectivity index (χ4v) is 3.41. The molecule has 0 unspecified atom stereocenters. The van der Waals surface area contributed by atoms with Crippen molar-refractivity contribution >= 4 is 35.6 Å². The zero-order chi connectivity index (χ0) is 16.4. The smallest absolute Gasteiger partial charge is 0.314 e. The third-order valence-electron chi connectivity index (χ3n) is 4.55. The van der Waals surface area contributed by atoms with E-state index in [1.165, 1.54) is 0 Å². The molecule has 2 aromatic rings. The standard InChI is InChI=1S/C18H21F3N2.2ClH/c1-13-6-7-16(15-5-3-2-4-14(13)15)17(12-18(19,20)21)23-10-8-22-9-11-23;;/h2-7,17,22H,8-12H2,1H3;2*1H/t17-;;/m0../s1. The summed E-state index contributed by atoms with van der Waals surface area (Å²) in [5, 5.41) is 5.17. The molecule has 1 aliphatic rings. The highest BCUT2D eigenvalue weighted by molar-refractivity contribution is 5.89. The molecule has 3 rings (SSSR count). The van der Waals surface area contributed by atoms with E-state index in [4.69, 9.17) is 0 Å². The summed E-state index contributed by atoms with van der Waals surface area (Å²) in [5.41, 5.74) is 1.88. The molecule has 1 saturated heterocycles. The maximum absolute atomic E-state index is 13.2. The predicted octanol–water partition coefficient (Wildman–Crippen LogP) is 4.89. The number of fused-ring (bicyclic) bond motifs is 1. The number of hydrogen-bond donors (Lipinski definition) is 1. The van der Waals surface area contributed by atoms with Crippen molar-refractivity contribution in [2.75, 3.05) is 26.2 Å². The third kappa shape index (κ3) is 5.23. The number of hydrogen-bond acceptors (Lipinski definition) is 2. The van der Waals surface area contributed by atoms with Gasteiger partial charge in [0.1, 0.15) is 0 Å². The number of halogens is 5. The van der Waals surface area contributed by atoms with Crippen LogP contribution >= 0.6 is 24.8 Å². The van der Waals surface area contributed by atoms with E-state index in [0.29, 0.717) is 13.1 Å². The van der Waals surface area contributed by atoms with E-state index in [9.17, 15) is 13.2 Å². The molecule has 1 aliphatic heterocycles. The molecule has 2 nitrogen and oxygen atoms in total. The zero-order valence-corrected chi connectivity index (χ0v) is 15.6. The van der Waals surface area contributed by atoms with Crippen LogP contribution in [0, 0.1) is 6.92 Å². The number of alkyl halides is 3. The van der Waals surface area contributed by atoms with Gasteiger partial charge < -0.3 is 5.32 Å². The molecule has 1 atom stereocenters. The predicted molar refractivity (Wildman–Crippen MR) is 101 cm³/mol. The van der Waals surface area contributed by atoms with Gasteiger partial charge in [0, 0.05) is 32.2 Å². The normalized spacial score (nSPS) is 16.8. The summed E-state index contributed by atoms with van der Waals surface area (Å²) in [6.07, 6.45) is -4.98. The van der Waals surface area contributed by atoms with E-state index >= 15 is 0 Å². The molecule has 0 aromatic heterocycles. The second-order valence-corrected chi connectivity index (χ2v) is 6.14. The molecule has 0 saturated carbocycles. The van der Waals surface area contributed by atoms with Crippen LogP contribution < -0.4 is 5.32 Å². The zero-order valence-electron chi connectivity index (χ0n) is 14.0. The molecule has 1 fully saturated rings. The first-order valence-electron chi connectivity index (χ1n) is 7.95.